The van der Waals surface area contributed by atoms with E-state index >= 15 is 0 Å². The third-order valence-electron chi connectivity index (χ3n) is 2.16. The van der Waals surface area contributed by atoms with Gasteiger partial charge in [0.05, 0.1) is 5.69 Å². The van der Waals surface area contributed by atoms with Crippen molar-refractivity contribution < 1.29 is 0 Å². The predicted molar refractivity (Wildman–Crippen MR) is 69.6 cm³/mol. The highest BCUT2D eigenvalue weighted by Gasteiger charge is 2.15. The maximum atomic E-state index is 5.91. The molecule has 0 bridgehead atoms. The van der Waals surface area contributed by atoms with Crippen molar-refractivity contribution in [2.75, 3.05) is 0 Å². The van der Waals surface area contributed by atoms with Crippen molar-refractivity contribution in [3.05, 3.63) is 28.2 Å². The van der Waals surface area contributed by atoms with Crippen molar-refractivity contribution in [3.63, 3.8) is 0 Å². The number of hydrogen-bond donors (Lipinski definition) is 1. The average Bonchev–Trinajstić information content (AvgIpc) is 2.10. The van der Waals surface area contributed by atoms with E-state index in [9.17, 15) is 0 Å². The third-order valence-corrected chi connectivity index (χ3v) is 3.05. The van der Waals surface area contributed by atoms with Gasteiger partial charge in [0.15, 0.2) is 0 Å². The summed E-state index contributed by atoms with van der Waals surface area (Å²) in [5, 5.41) is 0. The zero-order valence-corrected chi connectivity index (χ0v) is 11.2. The molecule has 0 heterocycles. The molecule has 0 radical (unpaired) electrons. The Balaban J connectivity index is 3.04. The second kappa shape index (κ2) is 4.35. The van der Waals surface area contributed by atoms with Gasteiger partial charge in [-0.3, -0.25) is 0 Å². The molecule has 3 heteroatoms. The van der Waals surface area contributed by atoms with Gasteiger partial charge >= 0.3 is 0 Å². The molecule has 0 spiro atoms. The van der Waals surface area contributed by atoms with Crippen molar-refractivity contribution in [1.82, 2.24) is 0 Å². The van der Waals surface area contributed by atoms with E-state index in [1.807, 2.05) is 25.1 Å². The summed E-state index contributed by atoms with van der Waals surface area (Å²) in [6, 6.07) is 5.96. The van der Waals surface area contributed by atoms with Crippen molar-refractivity contribution >= 4 is 27.5 Å². The highest BCUT2D eigenvalue weighted by molar-refractivity contribution is 9.10. The normalized spacial score (nSPS) is 13.0. The van der Waals surface area contributed by atoms with Gasteiger partial charge in [0.25, 0.3) is 0 Å². The maximum Gasteiger partial charge on any atom is 0.105 e. The fourth-order valence-electron chi connectivity index (χ4n) is 1.01. The molecule has 1 rings (SSSR count). The van der Waals surface area contributed by atoms with Gasteiger partial charge in [0, 0.05) is 9.89 Å². The smallest absolute Gasteiger partial charge is 0.105 e. The molecule has 15 heavy (non-hydrogen) atoms. The molecule has 0 unspecified atom stereocenters. The van der Waals surface area contributed by atoms with Crippen LogP contribution in [0, 0.1) is 12.3 Å². The number of rotatable bonds is 1. The minimum absolute atomic E-state index is 0.0824. The van der Waals surface area contributed by atoms with Crippen LogP contribution in [0.5, 0.6) is 0 Å². The van der Waals surface area contributed by atoms with Crippen LogP contribution >= 0.6 is 15.9 Å². The van der Waals surface area contributed by atoms with E-state index in [0.717, 1.165) is 15.7 Å². The number of hydrogen-bond acceptors (Lipinski definition) is 1. The standard InChI is InChI=1S/C12H17BrN2/c1-8-7-9(5-6-10(8)13)15-11(14)12(2,3)4/h5-7H,1-4H3,(H2,14,15). The Morgan fingerprint density at radius 1 is 1.33 bits per heavy atom. The lowest BCUT2D eigenvalue weighted by Crippen LogP contribution is -2.28. The van der Waals surface area contributed by atoms with Crippen molar-refractivity contribution in [1.29, 1.82) is 0 Å². The Kier molecular flexibility index (Phi) is 3.55. The van der Waals surface area contributed by atoms with Crippen LogP contribution in [-0.4, -0.2) is 5.84 Å². The summed E-state index contributed by atoms with van der Waals surface area (Å²) in [5.74, 6) is 0.657. The van der Waals surface area contributed by atoms with Crippen LogP contribution in [0.15, 0.2) is 27.7 Å². The van der Waals surface area contributed by atoms with Crippen LogP contribution < -0.4 is 5.73 Å². The molecule has 0 atom stereocenters. The first kappa shape index (κ1) is 12.2. The first-order valence-electron chi connectivity index (χ1n) is 4.91. The Morgan fingerprint density at radius 3 is 2.40 bits per heavy atom. The molecule has 0 aromatic heterocycles. The molecule has 0 amide bonds. The molecule has 2 nitrogen and oxygen atoms in total. The van der Waals surface area contributed by atoms with Crippen LogP contribution in [0.25, 0.3) is 0 Å². The van der Waals surface area contributed by atoms with Crippen molar-refractivity contribution in [2.24, 2.45) is 16.1 Å². The second-order valence-corrected chi connectivity index (χ2v) is 5.53. The fourth-order valence-corrected chi connectivity index (χ4v) is 1.25. The largest absolute Gasteiger partial charge is 0.387 e. The molecule has 0 saturated heterocycles. The summed E-state index contributed by atoms with van der Waals surface area (Å²) < 4.78 is 1.09. The number of amidine groups is 1. The zero-order chi connectivity index (χ0) is 11.6. The van der Waals surface area contributed by atoms with Crippen LogP contribution in [-0.2, 0) is 0 Å². The van der Waals surface area contributed by atoms with Crippen LogP contribution in [0.1, 0.15) is 26.3 Å². The average molecular weight is 269 g/mol. The van der Waals surface area contributed by atoms with Crippen molar-refractivity contribution in [2.45, 2.75) is 27.7 Å². The zero-order valence-electron chi connectivity index (χ0n) is 9.63. The SMILES string of the molecule is Cc1cc(N=C(N)C(C)(C)C)ccc1Br. The quantitative estimate of drug-likeness (QED) is 0.611. The van der Waals surface area contributed by atoms with Gasteiger partial charge in [0.1, 0.15) is 5.84 Å². The second-order valence-electron chi connectivity index (χ2n) is 4.68. The Hall–Kier alpha value is -0.830. The Bertz CT molecular complexity index is 389. The minimum atomic E-state index is -0.0824. The molecular formula is C12H17BrN2. The number of aliphatic imine (C=N–C) groups is 1. The molecule has 0 aliphatic carbocycles. The summed E-state index contributed by atoms with van der Waals surface area (Å²) >= 11 is 3.46. The van der Waals surface area contributed by atoms with E-state index in [1.54, 1.807) is 0 Å². The molecule has 2 N–H and O–H groups in total. The van der Waals surface area contributed by atoms with Crippen LogP contribution in [0.4, 0.5) is 5.69 Å². The molecule has 0 aliphatic rings. The van der Waals surface area contributed by atoms with Gasteiger partial charge in [-0.2, -0.15) is 0 Å². The van der Waals surface area contributed by atoms with E-state index < -0.39 is 0 Å². The molecule has 1 aromatic rings. The molecule has 0 fully saturated rings. The Labute approximate surface area is 99.7 Å². The van der Waals surface area contributed by atoms with Gasteiger partial charge in [-0.25, -0.2) is 4.99 Å². The molecule has 1 aromatic carbocycles. The fraction of sp³-hybridized carbons (Fsp3) is 0.417. The molecule has 82 valence electrons. The third kappa shape index (κ3) is 3.34. The highest BCUT2D eigenvalue weighted by atomic mass is 79.9. The van der Waals surface area contributed by atoms with Gasteiger partial charge in [0.2, 0.25) is 0 Å². The van der Waals surface area contributed by atoms with Crippen LogP contribution in [0.2, 0.25) is 0 Å². The predicted octanol–water partition coefficient (Wildman–Crippen LogP) is 3.79. The van der Waals surface area contributed by atoms with E-state index in [0.29, 0.717) is 5.84 Å². The number of aryl methyl sites for hydroxylation is 1. The lowest BCUT2D eigenvalue weighted by atomic mass is 9.95. The van der Waals surface area contributed by atoms with E-state index in [4.69, 9.17) is 5.73 Å². The molecule has 0 aliphatic heterocycles. The first-order chi connectivity index (χ1) is 6.80. The van der Waals surface area contributed by atoms with E-state index in [-0.39, 0.29) is 5.41 Å². The van der Waals surface area contributed by atoms with E-state index in [1.165, 1.54) is 0 Å². The molecular weight excluding hydrogens is 252 g/mol. The maximum absolute atomic E-state index is 5.91. The van der Waals surface area contributed by atoms with Gasteiger partial charge in [-0.1, -0.05) is 36.7 Å². The van der Waals surface area contributed by atoms with Crippen molar-refractivity contribution in [3.8, 4) is 0 Å². The van der Waals surface area contributed by atoms with Gasteiger partial charge in [-0.05, 0) is 30.7 Å². The number of benzene rings is 1. The first-order valence-corrected chi connectivity index (χ1v) is 5.71. The number of halogens is 1. The lowest BCUT2D eigenvalue weighted by molar-refractivity contribution is 0.585. The van der Waals surface area contributed by atoms with Gasteiger partial charge in [-0.15, -0.1) is 0 Å². The van der Waals surface area contributed by atoms with Gasteiger partial charge < -0.3 is 5.73 Å². The highest BCUT2D eigenvalue weighted by Crippen LogP contribution is 2.23. The number of nitrogens with two attached hydrogens (primary N) is 1. The monoisotopic (exact) mass is 268 g/mol. The lowest BCUT2D eigenvalue weighted by Gasteiger charge is -2.17. The summed E-state index contributed by atoms with van der Waals surface area (Å²) in [6.07, 6.45) is 0. The molecule has 0 saturated carbocycles. The summed E-state index contributed by atoms with van der Waals surface area (Å²) in [6.45, 7) is 8.20. The van der Waals surface area contributed by atoms with E-state index in [2.05, 4.69) is 41.7 Å². The Morgan fingerprint density at radius 2 is 1.93 bits per heavy atom. The minimum Gasteiger partial charge on any atom is -0.387 e. The topological polar surface area (TPSA) is 38.4 Å². The summed E-state index contributed by atoms with van der Waals surface area (Å²) in [5.41, 5.74) is 7.90. The summed E-state index contributed by atoms with van der Waals surface area (Å²) in [7, 11) is 0. The summed E-state index contributed by atoms with van der Waals surface area (Å²) in [4.78, 5) is 4.41. The van der Waals surface area contributed by atoms with Crippen LogP contribution in [0.3, 0.4) is 0 Å². The number of nitrogens with zero attached hydrogens (tertiary/aromatic N) is 1.